The number of carboxylic acid groups (broad SMARTS) is 1. The molecule has 2 saturated carbocycles. The van der Waals surface area contributed by atoms with Crippen LogP contribution in [0.1, 0.15) is 110 Å². The third-order valence-corrected chi connectivity index (χ3v) is 7.55. The molecular weight excluding hydrogens is 360 g/mol. The molecule has 2 fully saturated rings. The van der Waals surface area contributed by atoms with Crippen molar-refractivity contribution in [2.24, 2.45) is 23.7 Å². The Morgan fingerprint density at radius 1 is 0.897 bits per heavy atom. The summed E-state index contributed by atoms with van der Waals surface area (Å²) in [5.74, 6) is 3.00. The summed E-state index contributed by atoms with van der Waals surface area (Å²) < 4.78 is 5.93. The first kappa shape index (κ1) is 24.4. The maximum absolute atomic E-state index is 10.7. The summed E-state index contributed by atoms with van der Waals surface area (Å²) in [6.07, 6.45) is 22.0. The number of carbonyl (C=O) groups is 1. The number of unbranched alkanes of at least 4 members (excludes halogenated alkanes) is 4. The summed E-state index contributed by atoms with van der Waals surface area (Å²) in [5, 5.41) is 8.83. The zero-order valence-electron chi connectivity index (χ0n) is 19.2. The van der Waals surface area contributed by atoms with Crippen molar-refractivity contribution < 1.29 is 14.6 Å². The third kappa shape index (κ3) is 9.68. The van der Waals surface area contributed by atoms with Gasteiger partial charge in [0.15, 0.2) is 0 Å². The van der Waals surface area contributed by atoms with Gasteiger partial charge in [0.1, 0.15) is 0 Å². The molecule has 0 aromatic carbocycles. The van der Waals surface area contributed by atoms with Crippen molar-refractivity contribution in [3.05, 3.63) is 11.6 Å². The van der Waals surface area contributed by atoms with Crippen LogP contribution >= 0.6 is 0 Å². The molecule has 3 heteroatoms. The van der Waals surface area contributed by atoms with Gasteiger partial charge in [-0.25, -0.2) is 4.79 Å². The van der Waals surface area contributed by atoms with Crippen LogP contribution in [0.15, 0.2) is 11.6 Å². The standard InChI is InChI=1S/C26H46O3/c1-3-4-6-10-22-11-15-24(16-12-22)25-17-13-23(14-18-25)20-29-19-8-5-7-9-21(2)26(27)28/h9,22-25H,3-8,10-20H2,1-2H3,(H,27,28)/b21-9+. The van der Waals surface area contributed by atoms with Crippen LogP contribution in [0.25, 0.3) is 0 Å². The van der Waals surface area contributed by atoms with E-state index in [9.17, 15) is 4.79 Å². The van der Waals surface area contributed by atoms with Gasteiger partial charge in [0.05, 0.1) is 0 Å². The van der Waals surface area contributed by atoms with E-state index in [1.165, 1.54) is 77.0 Å². The lowest BCUT2D eigenvalue weighted by atomic mass is 9.69. The van der Waals surface area contributed by atoms with Gasteiger partial charge in [-0.2, -0.15) is 0 Å². The topological polar surface area (TPSA) is 46.5 Å². The lowest BCUT2D eigenvalue weighted by Gasteiger charge is -2.38. The van der Waals surface area contributed by atoms with E-state index in [1.54, 1.807) is 6.92 Å². The van der Waals surface area contributed by atoms with Crippen LogP contribution in [0.3, 0.4) is 0 Å². The quantitative estimate of drug-likeness (QED) is 0.256. The van der Waals surface area contributed by atoms with Crippen molar-refractivity contribution in [3.8, 4) is 0 Å². The maximum Gasteiger partial charge on any atom is 0.330 e. The zero-order valence-corrected chi connectivity index (χ0v) is 19.2. The van der Waals surface area contributed by atoms with E-state index in [-0.39, 0.29) is 0 Å². The first-order valence-corrected chi connectivity index (χ1v) is 12.6. The molecule has 2 rings (SSSR count). The molecule has 0 aromatic rings. The van der Waals surface area contributed by atoms with Crippen LogP contribution in [-0.4, -0.2) is 24.3 Å². The fraction of sp³-hybridized carbons (Fsp3) is 0.885. The Hall–Kier alpha value is -0.830. The predicted octanol–water partition coefficient (Wildman–Crippen LogP) is 7.40. The number of allylic oxidation sites excluding steroid dienone is 1. The number of ether oxygens (including phenoxy) is 1. The highest BCUT2D eigenvalue weighted by Crippen LogP contribution is 2.42. The lowest BCUT2D eigenvalue weighted by Crippen LogP contribution is -2.27. The highest BCUT2D eigenvalue weighted by Gasteiger charge is 2.30. The number of aliphatic carboxylic acids is 1. The van der Waals surface area contributed by atoms with Gasteiger partial charge in [-0.15, -0.1) is 0 Å². The molecule has 0 heterocycles. The molecular formula is C26H46O3. The Balaban J connectivity index is 1.48. The summed E-state index contributed by atoms with van der Waals surface area (Å²) in [4.78, 5) is 10.7. The van der Waals surface area contributed by atoms with Crippen LogP contribution in [0, 0.1) is 23.7 Å². The molecule has 0 amide bonds. The largest absolute Gasteiger partial charge is 0.478 e. The maximum atomic E-state index is 10.7. The molecule has 0 atom stereocenters. The van der Waals surface area contributed by atoms with Crippen LogP contribution in [0.5, 0.6) is 0 Å². The van der Waals surface area contributed by atoms with Crippen LogP contribution in [-0.2, 0) is 9.53 Å². The van der Waals surface area contributed by atoms with E-state index in [1.807, 2.05) is 6.08 Å². The van der Waals surface area contributed by atoms with Crippen LogP contribution < -0.4 is 0 Å². The van der Waals surface area contributed by atoms with E-state index >= 15 is 0 Å². The number of hydrogen-bond acceptors (Lipinski definition) is 2. The second-order valence-corrected chi connectivity index (χ2v) is 9.82. The molecule has 0 aliphatic heterocycles. The van der Waals surface area contributed by atoms with E-state index in [2.05, 4.69) is 6.92 Å². The van der Waals surface area contributed by atoms with Gasteiger partial charge >= 0.3 is 5.97 Å². The SMILES string of the molecule is CCCCCC1CCC(C2CCC(COCCCC/C=C(\C)C(=O)O)CC2)CC1. The van der Waals surface area contributed by atoms with Crippen molar-refractivity contribution in [3.63, 3.8) is 0 Å². The third-order valence-electron chi connectivity index (χ3n) is 7.55. The lowest BCUT2D eigenvalue weighted by molar-refractivity contribution is -0.132. The summed E-state index contributed by atoms with van der Waals surface area (Å²) in [5.41, 5.74) is 0.452. The van der Waals surface area contributed by atoms with Crippen molar-refractivity contribution in [2.75, 3.05) is 13.2 Å². The van der Waals surface area contributed by atoms with Crippen molar-refractivity contribution >= 4 is 5.97 Å². The summed E-state index contributed by atoms with van der Waals surface area (Å²) in [6, 6.07) is 0. The molecule has 3 nitrogen and oxygen atoms in total. The van der Waals surface area contributed by atoms with Crippen molar-refractivity contribution in [2.45, 2.75) is 110 Å². The molecule has 2 aliphatic rings. The highest BCUT2D eigenvalue weighted by atomic mass is 16.5. The van der Waals surface area contributed by atoms with Crippen molar-refractivity contribution in [1.29, 1.82) is 0 Å². The molecule has 29 heavy (non-hydrogen) atoms. The molecule has 0 bridgehead atoms. The van der Waals surface area contributed by atoms with Gasteiger partial charge in [0, 0.05) is 18.8 Å². The number of hydrogen-bond donors (Lipinski definition) is 1. The minimum atomic E-state index is -0.808. The molecule has 2 aliphatic carbocycles. The second kappa shape index (κ2) is 14.2. The average molecular weight is 407 g/mol. The summed E-state index contributed by atoms with van der Waals surface area (Å²) in [6.45, 7) is 5.72. The Kier molecular flexibility index (Phi) is 12.0. The Morgan fingerprint density at radius 3 is 2.10 bits per heavy atom. The van der Waals surface area contributed by atoms with E-state index in [4.69, 9.17) is 9.84 Å². The van der Waals surface area contributed by atoms with Gasteiger partial charge in [-0.05, 0) is 88.4 Å². The van der Waals surface area contributed by atoms with Crippen molar-refractivity contribution in [1.82, 2.24) is 0 Å². The Bertz CT molecular complexity index is 468. The summed E-state index contributed by atoms with van der Waals surface area (Å²) in [7, 11) is 0. The Morgan fingerprint density at radius 2 is 1.52 bits per heavy atom. The molecule has 168 valence electrons. The average Bonchev–Trinajstić information content (AvgIpc) is 2.74. The van der Waals surface area contributed by atoms with Crippen LogP contribution in [0.4, 0.5) is 0 Å². The first-order valence-electron chi connectivity index (χ1n) is 12.6. The smallest absolute Gasteiger partial charge is 0.330 e. The normalized spacial score (nSPS) is 28.4. The first-order chi connectivity index (χ1) is 14.1. The monoisotopic (exact) mass is 406 g/mol. The van der Waals surface area contributed by atoms with Gasteiger partial charge in [-0.1, -0.05) is 51.5 Å². The van der Waals surface area contributed by atoms with Gasteiger partial charge < -0.3 is 9.84 Å². The minimum Gasteiger partial charge on any atom is -0.478 e. The summed E-state index contributed by atoms with van der Waals surface area (Å²) >= 11 is 0. The minimum absolute atomic E-state index is 0.452. The predicted molar refractivity (Wildman–Crippen MR) is 121 cm³/mol. The van der Waals surface area contributed by atoms with Gasteiger partial charge in [-0.3, -0.25) is 0 Å². The Labute approximate surface area is 179 Å². The molecule has 0 unspecified atom stereocenters. The van der Waals surface area contributed by atoms with E-state index in [0.717, 1.165) is 56.1 Å². The fourth-order valence-electron chi connectivity index (χ4n) is 5.46. The highest BCUT2D eigenvalue weighted by molar-refractivity contribution is 5.85. The second-order valence-electron chi connectivity index (χ2n) is 9.82. The molecule has 1 N–H and O–H groups in total. The van der Waals surface area contributed by atoms with Crippen LogP contribution in [0.2, 0.25) is 0 Å². The fourth-order valence-corrected chi connectivity index (χ4v) is 5.46. The number of carboxylic acids is 1. The number of rotatable bonds is 13. The van der Waals surface area contributed by atoms with Gasteiger partial charge in [0.2, 0.25) is 0 Å². The molecule has 0 spiro atoms. The zero-order chi connectivity index (χ0) is 20.9. The van der Waals surface area contributed by atoms with Gasteiger partial charge in [0.25, 0.3) is 0 Å². The molecule has 0 aromatic heterocycles. The molecule has 0 radical (unpaired) electrons. The van der Waals surface area contributed by atoms with E-state index < -0.39 is 5.97 Å². The van der Waals surface area contributed by atoms with E-state index in [0.29, 0.717) is 5.57 Å². The molecule has 0 saturated heterocycles.